The minimum atomic E-state index is -0.565. The number of nitro groups is 1. The summed E-state index contributed by atoms with van der Waals surface area (Å²) in [7, 11) is 0. The SMILES string of the molecule is Cc1nc(SCC(=O)Nc2ccc([N+](=O)[O-])cc2Cl)c(C#N)c(C)c1C. The van der Waals surface area contributed by atoms with Crippen molar-refractivity contribution in [3.05, 3.63) is 55.7 Å². The number of halogens is 1. The minimum Gasteiger partial charge on any atom is -0.324 e. The van der Waals surface area contributed by atoms with Crippen LogP contribution in [0.5, 0.6) is 0 Å². The molecule has 9 heteroatoms. The number of carbonyl (C=O) groups is 1. The molecule has 0 spiro atoms. The van der Waals surface area contributed by atoms with E-state index in [1.54, 1.807) is 0 Å². The number of nitro benzene ring substituents is 1. The molecule has 0 radical (unpaired) electrons. The lowest BCUT2D eigenvalue weighted by molar-refractivity contribution is -0.384. The van der Waals surface area contributed by atoms with E-state index in [1.165, 1.54) is 18.2 Å². The van der Waals surface area contributed by atoms with Gasteiger partial charge in [0.1, 0.15) is 11.1 Å². The molecule has 0 bridgehead atoms. The van der Waals surface area contributed by atoms with Gasteiger partial charge in [-0.2, -0.15) is 5.26 Å². The Morgan fingerprint density at radius 2 is 2.08 bits per heavy atom. The number of nitriles is 1. The number of aromatic nitrogens is 1. The summed E-state index contributed by atoms with van der Waals surface area (Å²) >= 11 is 7.11. The zero-order valence-electron chi connectivity index (χ0n) is 14.3. The van der Waals surface area contributed by atoms with Crippen molar-refractivity contribution in [1.29, 1.82) is 5.26 Å². The number of hydrogen-bond acceptors (Lipinski definition) is 6. The molecular weight excluding hydrogens is 376 g/mol. The van der Waals surface area contributed by atoms with Gasteiger partial charge in [0.15, 0.2) is 0 Å². The molecule has 0 saturated heterocycles. The van der Waals surface area contributed by atoms with Crippen LogP contribution in [0.4, 0.5) is 11.4 Å². The zero-order chi connectivity index (χ0) is 19.4. The molecule has 0 unspecified atom stereocenters. The van der Waals surface area contributed by atoms with Crippen LogP contribution in [0.2, 0.25) is 5.02 Å². The van der Waals surface area contributed by atoms with E-state index < -0.39 is 4.92 Å². The molecule has 0 aliphatic heterocycles. The Balaban J connectivity index is 2.11. The van der Waals surface area contributed by atoms with Gasteiger partial charge in [-0.1, -0.05) is 23.4 Å². The van der Waals surface area contributed by atoms with Gasteiger partial charge in [-0.25, -0.2) is 4.98 Å². The van der Waals surface area contributed by atoms with Crippen molar-refractivity contribution >= 4 is 40.6 Å². The fraction of sp³-hybridized carbons (Fsp3) is 0.235. The first-order valence-corrected chi connectivity index (χ1v) is 8.85. The third-order valence-corrected chi connectivity index (χ3v) is 5.14. The van der Waals surface area contributed by atoms with Crippen LogP contribution in [0.3, 0.4) is 0 Å². The Morgan fingerprint density at radius 1 is 1.38 bits per heavy atom. The molecule has 2 rings (SSSR count). The normalized spacial score (nSPS) is 10.3. The number of non-ortho nitro benzene ring substituents is 1. The van der Waals surface area contributed by atoms with Crippen molar-refractivity contribution in [3.8, 4) is 6.07 Å². The average Bonchev–Trinajstić information content (AvgIpc) is 2.59. The van der Waals surface area contributed by atoms with E-state index in [4.69, 9.17) is 11.6 Å². The standard InChI is InChI=1S/C17H15ClN4O3S/c1-9-10(2)13(7-19)17(20-11(9)3)26-8-16(23)21-15-5-4-12(22(24)25)6-14(15)18/h4-6H,8H2,1-3H3,(H,21,23). The van der Waals surface area contributed by atoms with Crippen molar-refractivity contribution < 1.29 is 9.72 Å². The average molecular weight is 391 g/mol. The third kappa shape index (κ3) is 4.31. The van der Waals surface area contributed by atoms with Crippen LogP contribution < -0.4 is 5.32 Å². The molecule has 1 heterocycles. The molecule has 0 saturated carbocycles. The first-order chi connectivity index (χ1) is 12.2. The lowest BCUT2D eigenvalue weighted by Crippen LogP contribution is -2.15. The van der Waals surface area contributed by atoms with E-state index in [-0.39, 0.29) is 28.1 Å². The number of rotatable bonds is 5. The maximum absolute atomic E-state index is 12.2. The Morgan fingerprint density at radius 3 is 2.65 bits per heavy atom. The van der Waals surface area contributed by atoms with Gasteiger partial charge in [-0.15, -0.1) is 0 Å². The van der Waals surface area contributed by atoms with Gasteiger partial charge >= 0.3 is 0 Å². The molecule has 7 nitrogen and oxygen atoms in total. The molecule has 1 aromatic carbocycles. The smallest absolute Gasteiger partial charge is 0.271 e. The predicted molar refractivity (Wildman–Crippen MR) is 101 cm³/mol. The summed E-state index contributed by atoms with van der Waals surface area (Å²) in [4.78, 5) is 26.7. The van der Waals surface area contributed by atoms with E-state index in [0.29, 0.717) is 10.6 Å². The molecule has 0 aliphatic rings. The van der Waals surface area contributed by atoms with Crippen LogP contribution in [0, 0.1) is 42.2 Å². The van der Waals surface area contributed by atoms with Crippen LogP contribution >= 0.6 is 23.4 Å². The molecule has 1 N–H and O–H groups in total. The number of pyridine rings is 1. The van der Waals surface area contributed by atoms with Crippen molar-refractivity contribution in [3.63, 3.8) is 0 Å². The Labute approximate surface area is 159 Å². The maximum atomic E-state index is 12.2. The van der Waals surface area contributed by atoms with Gasteiger partial charge in [0.2, 0.25) is 5.91 Å². The molecule has 134 valence electrons. The van der Waals surface area contributed by atoms with E-state index in [0.717, 1.165) is 28.6 Å². The van der Waals surface area contributed by atoms with E-state index in [1.807, 2.05) is 20.8 Å². The van der Waals surface area contributed by atoms with E-state index in [9.17, 15) is 20.2 Å². The maximum Gasteiger partial charge on any atom is 0.271 e. The summed E-state index contributed by atoms with van der Waals surface area (Å²) in [5, 5.41) is 23.2. The highest BCUT2D eigenvalue weighted by molar-refractivity contribution is 8.00. The van der Waals surface area contributed by atoms with Crippen molar-refractivity contribution in [1.82, 2.24) is 4.98 Å². The van der Waals surface area contributed by atoms with Gasteiger partial charge in [0.05, 0.1) is 26.9 Å². The van der Waals surface area contributed by atoms with Crippen LogP contribution in [-0.2, 0) is 4.79 Å². The Bertz CT molecular complexity index is 941. The van der Waals surface area contributed by atoms with Crippen molar-refractivity contribution in [2.75, 3.05) is 11.1 Å². The molecule has 0 fully saturated rings. The number of benzene rings is 1. The zero-order valence-corrected chi connectivity index (χ0v) is 15.9. The number of carbonyl (C=O) groups excluding carboxylic acids is 1. The lowest BCUT2D eigenvalue weighted by Gasteiger charge is -2.11. The van der Waals surface area contributed by atoms with Crippen LogP contribution in [0.1, 0.15) is 22.4 Å². The van der Waals surface area contributed by atoms with Crippen LogP contribution in [-0.4, -0.2) is 21.6 Å². The quantitative estimate of drug-likeness (QED) is 0.466. The number of nitrogens with one attached hydrogen (secondary N) is 1. The number of hydrogen-bond donors (Lipinski definition) is 1. The third-order valence-electron chi connectivity index (χ3n) is 3.85. The summed E-state index contributed by atoms with van der Waals surface area (Å²) < 4.78 is 0. The van der Waals surface area contributed by atoms with E-state index in [2.05, 4.69) is 16.4 Å². The second kappa shape index (κ2) is 8.17. The molecule has 0 aliphatic carbocycles. The summed E-state index contributed by atoms with van der Waals surface area (Å²) in [6.45, 7) is 5.60. The number of thioether (sulfide) groups is 1. The second-order valence-electron chi connectivity index (χ2n) is 5.50. The first-order valence-electron chi connectivity index (χ1n) is 7.49. The van der Waals surface area contributed by atoms with Gasteiger partial charge in [-0.3, -0.25) is 14.9 Å². The Kier molecular flexibility index (Phi) is 6.18. The first kappa shape index (κ1) is 19.7. The largest absolute Gasteiger partial charge is 0.324 e. The fourth-order valence-electron chi connectivity index (χ4n) is 2.19. The molecule has 0 atom stereocenters. The highest BCUT2D eigenvalue weighted by Crippen LogP contribution is 2.28. The topological polar surface area (TPSA) is 109 Å². The molecular formula is C17H15ClN4O3S. The molecule has 26 heavy (non-hydrogen) atoms. The van der Waals surface area contributed by atoms with Crippen LogP contribution in [0.15, 0.2) is 23.2 Å². The Hall–Kier alpha value is -2.63. The molecule has 1 aromatic heterocycles. The van der Waals surface area contributed by atoms with Crippen LogP contribution in [0.25, 0.3) is 0 Å². The summed E-state index contributed by atoms with van der Waals surface area (Å²) in [5.41, 5.74) is 3.19. The highest BCUT2D eigenvalue weighted by Gasteiger charge is 2.15. The van der Waals surface area contributed by atoms with Gasteiger partial charge in [0.25, 0.3) is 5.69 Å². The van der Waals surface area contributed by atoms with Gasteiger partial charge in [0, 0.05) is 17.8 Å². The predicted octanol–water partition coefficient (Wildman–Crippen LogP) is 4.17. The minimum absolute atomic E-state index is 0.0247. The van der Waals surface area contributed by atoms with Crippen molar-refractivity contribution in [2.24, 2.45) is 0 Å². The fourth-order valence-corrected chi connectivity index (χ4v) is 3.29. The summed E-state index contributed by atoms with van der Waals surface area (Å²) in [5.74, 6) is -0.330. The summed E-state index contributed by atoms with van der Waals surface area (Å²) in [6, 6.07) is 5.94. The molecule has 2 aromatic rings. The monoisotopic (exact) mass is 390 g/mol. The molecule has 1 amide bonds. The lowest BCUT2D eigenvalue weighted by atomic mass is 10.1. The number of nitrogens with zero attached hydrogens (tertiary/aromatic N) is 3. The van der Waals surface area contributed by atoms with E-state index >= 15 is 0 Å². The highest BCUT2D eigenvalue weighted by atomic mass is 35.5. The summed E-state index contributed by atoms with van der Waals surface area (Å²) in [6.07, 6.45) is 0. The van der Waals surface area contributed by atoms with Gasteiger partial charge in [-0.05, 0) is 38.0 Å². The van der Waals surface area contributed by atoms with Crippen molar-refractivity contribution in [2.45, 2.75) is 25.8 Å². The number of aryl methyl sites for hydroxylation is 1. The second-order valence-corrected chi connectivity index (χ2v) is 6.87. The number of amides is 1. The van der Waals surface area contributed by atoms with Gasteiger partial charge < -0.3 is 5.32 Å². The number of anilines is 1.